The third-order valence-electron chi connectivity index (χ3n) is 9.74. The molecule has 0 bridgehead atoms. The summed E-state index contributed by atoms with van der Waals surface area (Å²) >= 11 is 0. The fourth-order valence-corrected chi connectivity index (χ4v) is 7.96. The first-order valence-electron chi connectivity index (χ1n) is 12.9. The number of ether oxygens (including phenoxy) is 2. The van der Waals surface area contributed by atoms with E-state index in [0.717, 1.165) is 6.92 Å². The summed E-state index contributed by atoms with van der Waals surface area (Å²) in [4.78, 5) is 49.7. The maximum Gasteiger partial charge on any atom is 0.306 e. The van der Waals surface area contributed by atoms with Crippen molar-refractivity contribution in [1.82, 2.24) is 0 Å². The predicted octanol–water partition coefficient (Wildman–Crippen LogP) is 3.74. The van der Waals surface area contributed by atoms with Gasteiger partial charge in [0.2, 0.25) is 5.78 Å². The number of fused-ring (bicyclic) bond motifs is 5. The predicted molar refractivity (Wildman–Crippen MR) is 124 cm³/mol. The van der Waals surface area contributed by atoms with Crippen LogP contribution in [-0.4, -0.2) is 58.8 Å². The molecule has 1 N–H and O–H groups in total. The lowest BCUT2D eigenvalue weighted by atomic mass is 9.43. The first kappa shape index (κ1) is 26.9. The first-order valence-corrected chi connectivity index (χ1v) is 12.9. The molecule has 9 heteroatoms. The Morgan fingerprint density at radius 3 is 2.53 bits per heavy atom. The molecule has 3 saturated carbocycles. The Labute approximate surface area is 210 Å². The number of halogens is 2. The van der Waals surface area contributed by atoms with E-state index in [2.05, 4.69) is 0 Å². The monoisotopic (exact) mass is 510 g/mol. The van der Waals surface area contributed by atoms with Crippen molar-refractivity contribution in [1.29, 1.82) is 0 Å². The maximum atomic E-state index is 17.3. The molecule has 0 heterocycles. The van der Waals surface area contributed by atoms with Gasteiger partial charge in [0.25, 0.3) is 0 Å². The second-order valence-electron chi connectivity index (χ2n) is 11.5. The highest BCUT2D eigenvalue weighted by Gasteiger charge is 2.76. The summed E-state index contributed by atoms with van der Waals surface area (Å²) in [7, 11) is 0. The molecule has 0 aromatic carbocycles. The molecule has 0 saturated heterocycles. The Hall–Kier alpha value is -2.16. The number of rotatable bonds is 6. The molecule has 4 aliphatic carbocycles. The van der Waals surface area contributed by atoms with E-state index in [0.29, 0.717) is 6.42 Å². The zero-order valence-electron chi connectivity index (χ0n) is 21.4. The molecule has 0 spiro atoms. The zero-order valence-corrected chi connectivity index (χ0v) is 21.4. The first-order chi connectivity index (χ1) is 16.8. The highest BCUT2D eigenvalue weighted by Crippen LogP contribution is 2.71. The average Bonchev–Trinajstić information content (AvgIpc) is 3.08. The minimum atomic E-state index is -2.21. The Morgan fingerprint density at radius 1 is 1.19 bits per heavy atom. The summed E-state index contributed by atoms with van der Waals surface area (Å²) < 4.78 is 43.7. The van der Waals surface area contributed by atoms with E-state index in [1.807, 2.05) is 0 Å². The van der Waals surface area contributed by atoms with Crippen LogP contribution in [0.1, 0.15) is 79.1 Å². The van der Waals surface area contributed by atoms with Gasteiger partial charge in [0, 0.05) is 36.5 Å². The molecule has 7 nitrogen and oxygen atoms in total. The summed E-state index contributed by atoms with van der Waals surface area (Å²) in [6, 6.07) is 0. The van der Waals surface area contributed by atoms with Crippen molar-refractivity contribution >= 4 is 23.5 Å². The smallest absolute Gasteiger partial charge is 0.306 e. The van der Waals surface area contributed by atoms with Crippen LogP contribution >= 0.6 is 0 Å². The second-order valence-corrected chi connectivity index (χ2v) is 11.5. The quantitative estimate of drug-likeness (QED) is 0.543. The Balaban J connectivity index is 1.79. The summed E-state index contributed by atoms with van der Waals surface area (Å²) in [5, 5.41) is 11.5. The van der Waals surface area contributed by atoms with Crippen LogP contribution in [0.25, 0.3) is 0 Å². The molecule has 4 unspecified atom stereocenters. The summed E-state index contributed by atoms with van der Waals surface area (Å²) in [6.07, 6.45) is -1.30. The van der Waals surface area contributed by atoms with Crippen molar-refractivity contribution in [2.45, 2.75) is 103 Å². The summed E-state index contributed by atoms with van der Waals surface area (Å²) in [5.74, 6) is -3.66. The standard InChI is InChI=1S/C27H36F2O7/c1-5-6-23(34)36-26(22(33)14-35-15(2)30)10-8-17-18-12-20(28)19-11-16(31)7-9-24(19,3)27(18,29)21(32)13-25(17,26)4/h11,17-18,20-21,32H,5-10,12-14H2,1-4H3/t17?,18?,20?,21?,24-,25-,26-,27-/m0/s1. The largest absolute Gasteiger partial charge is 0.458 e. The maximum absolute atomic E-state index is 17.3. The van der Waals surface area contributed by atoms with E-state index in [1.54, 1.807) is 20.8 Å². The van der Waals surface area contributed by atoms with E-state index < -0.39 is 70.5 Å². The average molecular weight is 511 g/mol. The molecule has 0 radical (unpaired) electrons. The molecular weight excluding hydrogens is 474 g/mol. The molecule has 36 heavy (non-hydrogen) atoms. The molecule has 0 aliphatic heterocycles. The minimum absolute atomic E-state index is 0.0647. The van der Waals surface area contributed by atoms with E-state index in [4.69, 9.17) is 9.47 Å². The van der Waals surface area contributed by atoms with Crippen molar-refractivity contribution in [3.05, 3.63) is 11.6 Å². The van der Waals surface area contributed by atoms with E-state index in [1.165, 1.54) is 6.08 Å². The number of Topliss-reactive ketones (excluding diaryl/α,β-unsaturated/α-hetero) is 1. The molecule has 8 atom stereocenters. The van der Waals surface area contributed by atoms with Gasteiger partial charge in [0.05, 0.1) is 6.10 Å². The number of carbonyl (C=O) groups is 4. The van der Waals surface area contributed by atoms with Crippen molar-refractivity contribution in [2.75, 3.05) is 6.61 Å². The van der Waals surface area contributed by atoms with E-state index in [-0.39, 0.29) is 56.3 Å². The number of hydrogen-bond acceptors (Lipinski definition) is 7. The van der Waals surface area contributed by atoms with Gasteiger partial charge in [-0.05, 0) is 56.1 Å². The SMILES string of the molecule is CCCC(=O)O[C@]1(C(=O)COC(C)=O)CCC2C3CC(F)C4=CC(=O)CC[C@]4(C)[C@@]3(F)C(O)C[C@@]21C. The number of hydrogen-bond donors (Lipinski definition) is 1. The topological polar surface area (TPSA) is 107 Å². The van der Waals surface area contributed by atoms with Gasteiger partial charge in [-0.1, -0.05) is 20.8 Å². The van der Waals surface area contributed by atoms with Crippen LogP contribution in [0, 0.1) is 22.7 Å². The molecule has 0 aromatic heterocycles. The molecule has 3 fully saturated rings. The number of allylic oxidation sites excluding steroid dienone is 1. The van der Waals surface area contributed by atoms with E-state index in [9.17, 15) is 24.3 Å². The molecule has 200 valence electrons. The fraction of sp³-hybridized carbons (Fsp3) is 0.778. The number of carbonyl (C=O) groups excluding carboxylic acids is 4. The Bertz CT molecular complexity index is 1010. The van der Waals surface area contributed by atoms with Gasteiger partial charge in [0.15, 0.2) is 18.0 Å². The lowest BCUT2D eigenvalue weighted by Gasteiger charge is -2.64. The van der Waals surface area contributed by atoms with Crippen LogP contribution in [0.3, 0.4) is 0 Å². The van der Waals surface area contributed by atoms with Gasteiger partial charge >= 0.3 is 11.9 Å². The zero-order chi connectivity index (χ0) is 26.7. The van der Waals surface area contributed by atoms with Gasteiger partial charge < -0.3 is 14.6 Å². The highest BCUT2D eigenvalue weighted by atomic mass is 19.1. The van der Waals surface area contributed by atoms with Crippen molar-refractivity contribution in [2.24, 2.45) is 22.7 Å². The number of alkyl halides is 2. The van der Waals surface area contributed by atoms with Gasteiger partial charge in [0.1, 0.15) is 11.8 Å². The van der Waals surface area contributed by atoms with Crippen LogP contribution in [-0.2, 0) is 28.7 Å². The van der Waals surface area contributed by atoms with Crippen molar-refractivity contribution in [3.8, 4) is 0 Å². The number of esters is 2. The molecule has 4 aliphatic rings. The lowest BCUT2D eigenvalue weighted by molar-refractivity contribution is -0.237. The van der Waals surface area contributed by atoms with Crippen LogP contribution in [0.4, 0.5) is 8.78 Å². The summed E-state index contributed by atoms with van der Waals surface area (Å²) in [5.41, 5.74) is -6.41. The number of aliphatic hydroxyl groups is 1. The van der Waals surface area contributed by atoms with Gasteiger partial charge in [-0.15, -0.1) is 0 Å². The summed E-state index contributed by atoms with van der Waals surface area (Å²) in [6.45, 7) is 5.62. The van der Waals surface area contributed by atoms with E-state index >= 15 is 8.78 Å². The molecule has 4 rings (SSSR count). The fourth-order valence-electron chi connectivity index (χ4n) is 7.96. The normalized spacial score (nSPS) is 43.5. The minimum Gasteiger partial charge on any atom is -0.458 e. The lowest BCUT2D eigenvalue weighted by Crippen LogP contribution is -2.71. The number of ketones is 2. The highest BCUT2D eigenvalue weighted by molar-refractivity contribution is 5.93. The van der Waals surface area contributed by atoms with Gasteiger partial charge in [-0.2, -0.15) is 0 Å². The second kappa shape index (κ2) is 8.99. The van der Waals surface area contributed by atoms with Crippen LogP contribution < -0.4 is 0 Å². The third kappa shape index (κ3) is 3.59. The van der Waals surface area contributed by atoms with Gasteiger partial charge in [-0.3, -0.25) is 19.2 Å². The van der Waals surface area contributed by atoms with Crippen LogP contribution in [0.2, 0.25) is 0 Å². The van der Waals surface area contributed by atoms with Crippen LogP contribution in [0.5, 0.6) is 0 Å². The molecule has 0 amide bonds. The molecular formula is C27H36F2O7. The molecule has 0 aromatic rings. The Kier molecular flexibility index (Phi) is 6.72. The van der Waals surface area contributed by atoms with Crippen LogP contribution in [0.15, 0.2) is 11.6 Å². The van der Waals surface area contributed by atoms with Gasteiger partial charge in [-0.25, -0.2) is 8.78 Å². The Morgan fingerprint density at radius 2 is 1.89 bits per heavy atom. The number of aliphatic hydroxyl groups excluding tert-OH is 1. The van der Waals surface area contributed by atoms with Crippen molar-refractivity contribution in [3.63, 3.8) is 0 Å². The third-order valence-corrected chi connectivity index (χ3v) is 9.74. The van der Waals surface area contributed by atoms with Crippen molar-refractivity contribution < 1.29 is 42.5 Å².